The Kier molecular flexibility index (Phi) is 4.77. The third-order valence-electron chi connectivity index (χ3n) is 7.00. The second kappa shape index (κ2) is 7.59. The molecule has 0 saturated heterocycles. The maximum absolute atomic E-state index is 11.8. The topological polar surface area (TPSA) is 42.2 Å². The number of aryl methyl sites for hydroxylation is 1. The average Bonchev–Trinajstić information content (AvgIpc) is 3.06. The van der Waals surface area contributed by atoms with Gasteiger partial charge in [-0.05, 0) is 112 Å². The van der Waals surface area contributed by atoms with Crippen molar-refractivity contribution in [2.45, 2.75) is 38.5 Å². The van der Waals surface area contributed by atoms with E-state index in [4.69, 9.17) is 4.42 Å². The fourth-order valence-electron chi connectivity index (χ4n) is 5.30. The molecule has 2 aliphatic heterocycles. The molecule has 4 heteroatoms. The smallest absolute Gasteiger partial charge is 0.182 e. The summed E-state index contributed by atoms with van der Waals surface area (Å²) in [5.41, 5.74) is 6.97. The Bertz CT molecular complexity index is 1520. The number of hydrogen-bond donors (Lipinski definition) is 1. The molecule has 6 rings (SSSR count). The minimum atomic E-state index is -0.131. The number of allylic oxidation sites excluding steroid dienone is 4. The standard InChI is InChI=1S/C29H24INO2/c1-29(2)26(31-24-12-7-18-15-21(30)9-11-23(18)27(24)29)13-8-17-4-3-5-20-14-19-6-10-22(32)16-25(19)33-28(17)20/h6-16,31H,3-5H2,1-2H3/b17-8+,26-13-. The molecule has 0 amide bonds. The fourth-order valence-corrected chi connectivity index (χ4v) is 5.81. The minimum absolute atomic E-state index is 0.0220. The Balaban J connectivity index is 1.44. The van der Waals surface area contributed by atoms with Gasteiger partial charge in [0.1, 0.15) is 11.5 Å². The molecular formula is C29H24INO2. The first-order chi connectivity index (χ1) is 15.9. The summed E-state index contributed by atoms with van der Waals surface area (Å²) in [6.45, 7) is 4.58. The van der Waals surface area contributed by atoms with Gasteiger partial charge in [0, 0.05) is 32.0 Å². The molecule has 0 atom stereocenters. The Morgan fingerprint density at radius 3 is 2.76 bits per heavy atom. The van der Waals surface area contributed by atoms with Gasteiger partial charge < -0.3 is 9.73 Å². The van der Waals surface area contributed by atoms with E-state index >= 15 is 0 Å². The molecule has 2 heterocycles. The molecule has 164 valence electrons. The number of rotatable bonds is 1. The molecule has 0 fully saturated rings. The molecule has 2 aliphatic carbocycles. The van der Waals surface area contributed by atoms with Crippen LogP contribution in [-0.4, -0.2) is 0 Å². The predicted molar refractivity (Wildman–Crippen MR) is 144 cm³/mol. The van der Waals surface area contributed by atoms with E-state index in [0.717, 1.165) is 30.6 Å². The summed E-state index contributed by atoms with van der Waals surface area (Å²) in [4.78, 5) is 11.8. The quantitative estimate of drug-likeness (QED) is 0.252. The Morgan fingerprint density at radius 1 is 1.00 bits per heavy atom. The number of hydrogen-bond acceptors (Lipinski definition) is 3. The molecule has 33 heavy (non-hydrogen) atoms. The second-order valence-corrected chi connectivity index (χ2v) is 10.8. The van der Waals surface area contributed by atoms with Gasteiger partial charge in [-0.1, -0.05) is 32.1 Å². The maximum Gasteiger partial charge on any atom is 0.182 e. The highest BCUT2D eigenvalue weighted by molar-refractivity contribution is 14.1. The van der Waals surface area contributed by atoms with Crippen LogP contribution in [0.3, 0.4) is 0 Å². The van der Waals surface area contributed by atoms with Crippen molar-refractivity contribution in [2.75, 3.05) is 5.32 Å². The van der Waals surface area contributed by atoms with Gasteiger partial charge in [-0.15, -0.1) is 0 Å². The Hall–Kier alpha value is -2.86. The molecule has 3 nitrogen and oxygen atoms in total. The van der Waals surface area contributed by atoms with Crippen molar-refractivity contribution < 1.29 is 4.42 Å². The van der Waals surface area contributed by atoms with E-state index in [9.17, 15) is 4.79 Å². The third-order valence-corrected chi connectivity index (χ3v) is 7.67. The number of anilines is 1. The van der Waals surface area contributed by atoms with Gasteiger partial charge in [-0.25, -0.2) is 0 Å². The Labute approximate surface area is 206 Å². The molecule has 1 N–H and O–H groups in total. The van der Waals surface area contributed by atoms with E-state index in [1.165, 1.54) is 42.4 Å². The van der Waals surface area contributed by atoms with Gasteiger partial charge in [0.05, 0.1) is 0 Å². The first-order valence-electron chi connectivity index (χ1n) is 11.4. The summed E-state index contributed by atoms with van der Waals surface area (Å²) in [5, 5.41) is 6.26. The normalized spacial score (nSPS) is 19.1. The summed E-state index contributed by atoms with van der Waals surface area (Å²) in [6.07, 6.45) is 7.49. The van der Waals surface area contributed by atoms with Crippen LogP contribution in [0.4, 0.5) is 5.69 Å². The van der Waals surface area contributed by atoms with E-state index in [1.54, 1.807) is 12.1 Å². The van der Waals surface area contributed by atoms with Crippen molar-refractivity contribution in [1.82, 2.24) is 0 Å². The summed E-state index contributed by atoms with van der Waals surface area (Å²) >= 11 is 2.37. The lowest BCUT2D eigenvalue weighted by molar-refractivity contribution is 0.526. The van der Waals surface area contributed by atoms with Crippen LogP contribution in [0.2, 0.25) is 0 Å². The third kappa shape index (κ3) is 3.43. The van der Waals surface area contributed by atoms with E-state index < -0.39 is 0 Å². The average molecular weight is 545 g/mol. The molecule has 0 aromatic heterocycles. The molecule has 0 radical (unpaired) electrons. The molecule has 0 spiro atoms. The first kappa shape index (κ1) is 20.7. The van der Waals surface area contributed by atoms with Gasteiger partial charge in [0.25, 0.3) is 0 Å². The molecule has 2 aromatic carbocycles. The van der Waals surface area contributed by atoms with Crippen LogP contribution in [-0.2, 0) is 11.8 Å². The first-order valence-corrected chi connectivity index (χ1v) is 12.5. The molecule has 0 saturated carbocycles. The summed E-state index contributed by atoms with van der Waals surface area (Å²) in [6, 6.07) is 18.3. The van der Waals surface area contributed by atoms with Crippen molar-refractivity contribution in [2.24, 2.45) is 0 Å². The zero-order valence-corrected chi connectivity index (χ0v) is 20.8. The van der Waals surface area contributed by atoms with Crippen LogP contribution in [0, 0.1) is 3.57 Å². The van der Waals surface area contributed by atoms with Gasteiger partial charge in [-0.2, -0.15) is 0 Å². The largest absolute Gasteiger partial charge is 0.456 e. The van der Waals surface area contributed by atoms with E-state index in [-0.39, 0.29) is 10.8 Å². The zero-order valence-electron chi connectivity index (χ0n) is 18.7. The van der Waals surface area contributed by atoms with Crippen molar-refractivity contribution in [3.05, 3.63) is 103 Å². The van der Waals surface area contributed by atoms with Gasteiger partial charge in [-0.3, -0.25) is 4.79 Å². The lowest BCUT2D eigenvalue weighted by atomic mass is 9.81. The number of nitrogens with one attached hydrogen (secondary N) is 1. The van der Waals surface area contributed by atoms with Crippen molar-refractivity contribution in [1.29, 1.82) is 0 Å². The van der Waals surface area contributed by atoms with Gasteiger partial charge >= 0.3 is 0 Å². The molecule has 2 aromatic rings. The van der Waals surface area contributed by atoms with Crippen LogP contribution >= 0.6 is 22.6 Å². The lowest BCUT2D eigenvalue weighted by Crippen LogP contribution is -2.17. The maximum atomic E-state index is 11.8. The van der Waals surface area contributed by atoms with Gasteiger partial charge in [0.15, 0.2) is 5.43 Å². The van der Waals surface area contributed by atoms with Crippen LogP contribution in [0.5, 0.6) is 0 Å². The molecule has 0 unspecified atom stereocenters. The second-order valence-electron chi connectivity index (χ2n) is 9.53. The van der Waals surface area contributed by atoms with E-state index in [2.05, 4.69) is 90.3 Å². The van der Waals surface area contributed by atoms with Crippen LogP contribution in [0.25, 0.3) is 27.7 Å². The SMILES string of the molecule is CC1(C)/C(=C/C=C2\CCCc3cc4ccc(=O)cc-4oc32)Nc2ccc3cc(I)ccc3c21. The summed E-state index contributed by atoms with van der Waals surface area (Å²) < 4.78 is 7.51. The van der Waals surface area contributed by atoms with Crippen LogP contribution in [0.15, 0.2) is 81.7 Å². The summed E-state index contributed by atoms with van der Waals surface area (Å²) in [5.74, 6) is 1.58. The van der Waals surface area contributed by atoms with E-state index in [0.29, 0.717) is 5.76 Å². The van der Waals surface area contributed by atoms with Crippen LogP contribution < -0.4 is 10.7 Å². The predicted octanol–water partition coefficient (Wildman–Crippen LogP) is 7.51. The van der Waals surface area contributed by atoms with Gasteiger partial charge in [0.2, 0.25) is 0 Å². The Morgan fingerprint density at radius 2 is 1.88 bits per heavy atom. The lowest BCUT2D eigenvalue weighted by Gasteiger charge is -2.22. The number of halogens is 1. The molecular weight excluding hydrogens is 521 g/mol. The number of fused-ring (bicyclic) bond motifs is 5. The summed E-state index contributed by atoms with van der Waals surface area (Å²) in [7, 11) is 0. The molecule has 0 bridgehead atoms. The van der Waals surface area contributed by atoms with E-state index in [1.807, 2.05) is 6.07 Å². The highest BCUT2D eigenvalue weighted by Gasteiger charge is 2.36. The number of benzene rings is 3. The monoisotopic (exact) mass is 545 g/mol. The fraction of sp³-hybridized carbons (Fsp3) is 0.207. The molecule has 4 aliphatic rings. The highest BCUT2D eigenvalue weighted by atomic mass is 127. The van der Waals surface area contributed by atoms with Crippen molar-refractivity contribution in [3.63, 3.8) is 0 Å². The zero-order chi connectivity index (χ0) is 22.7. The van der Waals surface area contributed by atoms with Crippen molar-refractivity contribution in [3.8, 4) is 11.3 Å². The van der Waals surface area contributed by atoms with Crippen LogP contribution in [0.1, 0.15) is 43.6 Å². The highest BCUT2D eigenvalue weighted by Crippen LogP contribution is 2.47. The van der Waals surface area contributed by atoms with Crippen molar-refractivity contribution >= 4 is 44.6 Å². The minimum Gasteiger partial charge on any atom is -0.456 e.